The molecular weight excluding hydrogens is 277 g/mol. The molecule has 0 saturated carbocycles. The Hall–Kier alpha value is -1.80. The summed E-state index contributed by atoms with van der Waals surface area (Å²) in [6.07, 6.45) is -4.77. The first-order chi connectivity index (χ1) is 9.42. The maximum absolute atomic E-state index is 12.2. The molecule has 0 fully saturated rings. The van der Waals surface area contributed by atoms with E-state index in [2.05, 4.69) is 10.1 Å². The third-order valence-electron chi connectivity index (χ3n) is 2.17. The fourth-order valence-electron chi connectivity index (χ4n) is 1.37. The average Bonchev–Trinajstić information content (AvgIpc) is 2.36. The van der Waals surface area contributed by atoms with Crippen LogP contribution in [0.2, 0.25) is 0 Å². The lowest BCUT2D eigenvalue weighted by Gasteiger charge is -2.13. The summed E-state index contributed by atoms with van der Waals surface area (Å²) in [5, 5.41) is 2.43. The van der Waals surface area contributed by atoms with Crippen LogP contribution in [0, 0.1) is 0 Å². The van der Waals surface area contributed by atoms with E-state index in [-0.39, 0.29) is 37.6 Å². The highest BCUT2D eigenvalue weighted by molar-refractivity contribution is 5.77. The van der Waals surface area contributed by atoms with Crippen molar-refractivity contribution in [3.8, 4) is 5.75 Å². The van der Waals surface area contributed by atoms with Crippen molar-refractivity contribution in [1.29, 1.82) is 0 Å². The van der Waals surface area contributed by atoms with E-state index in [0.717, 1.165) is 0 Å². The second-order valence-corrected chi connectivity index (χ2v) is 3.77. The lowest BCUT2D eigenvalue weighted by atomic mass is 10.2. The van der Waals surface area contributed by atoms with Gasteiger partial charge in [0.15, 0.2) is 0 Å². The van der Waals surface area contributed by atoms with Gasteiger partial charge in [-0.2, -0.15) is 0 Å². The number of ether oxygens (including phenoxy) is 2. The number of nitrogens with two attached hydrogens (primary N) is 1. The molecule has 3 N–H and O–H groups in total. The van der Waals surface area contributed by atoms with Gasteiger partial charge in [-0.25, -0.2) is 0 Å². The Labute approximate surface area is 113 Å². The van der Waals surface area contributed by atoms with Crippen molar-refractivity contribution in [3.63, 3.8) is 0 Å². The lowest BCUT2D eigenvalue weighted by molar-refractivity contribution is -0.274. The minimum atomic E-state index is -4.77. The van der Waals surface area contributed by atoms with Crippen LogP contribution in [0.25, 0.3) is 0 Å². The van der Waals surface area contributed by atoms with Crippen LogP contribution in [0.15, 0.2) is 24.3 Å². The topological polar surface area (TPSA) is 73.6 Å². The largest absolute Gasteiger partial charge is 0.573 e. The standard InChI is InChI=1S/C12H15F3N2O3/c13-12(14,15)20-10-4-2-1-3-9(10)7-17-11(18)8-19-6-5-16/h1-4H,5-8,16H2,(H,17,18). The molecular formula is C12H15F3N2O3. The van der Waals surface area contributed by atoms with Crippen molar-refractivity contribution >= 4 is 5.91 Å². The fourth-order valence-corrected chi connectivity index (χ4v) is 1.37. The second kappa shape index (κ2) is 7.71. The third-order valence-corrected chi connectivity index (χ3v) is 2.17. The molecule has 0 unspecified atom stereocenters. The minimum Gasteiger partial charge on any atom is -0.405 e. The summed E-state index contributed by atoms with van der Waals surface area (Å²) in [4.78, 5) is 11.3. The number of para-hydroxylation sites is 1. The molecule has 1 rings (SSSR count). The van der Waals surface area contributed by atoms with E-state index in [1.165, 1.54) is 18.2 Å². The van der Waals surface area contributed by atoms with Gasteiger partial charge in [0.2, 0.25) is 5.91 Å². The van der Waals surface area contributed by atoms with Gasteiger partial charge in [0.25, 0.3) is 0 Å². The van der Waals surface area contributed by atoms with Crippen molar-refractivity contribution in [2.24, 2.45) is 5.73 Å². The summed E-state index contributed by atoms with van der Waals surface area (Å²) in [6.45, 7) is 0.243. The number of halogens is 3. The van der Waals surface area contributed by atoms with E-state index in [0.29, 0.717) is 0 Å². The van der Waals surface area contributed by atoms with Gasteiger partial charge in [-0.15, -0.1) is 13.2 Å². The first-order valence-electron chi connectivity index (χ1n) is 5.80. The smallest absolute Gasteiger partial charge is 0.405 e. The Morgan fingerprint density at radius 3 is 2.65 bits per heavy atom. The molecule has 0 atom stereocenters. The molecule has 0 aliphatic carbocycles. The van der Waals surface area contributed by atoms with Gasteiger partial charge >= 0.3 is 6.36 Å². The maximum atomic E-state index is 12.2. The molecule has 0 aliphatic heterocycles. The number of alkyl halides is 3. The first-order valence-corrected chi connectivity index (χ1v) is 5.80. The molecule has 0 radical (unpaired) electrons. The molecule has 0 heterocycles. The molecule has 0 saturated heterocycles. The summed E-state index contributed by atoms with van der Waals surface area (Å²) >= 11 is 0. The number of benzene rings is 1. The van der Waals surface area contributed by atoms with Gasteiger partial charge in [0.05, 0.1) is 6.61 Å². The van der Waals surface area contributed by atoms with Crippen molar-refractivity contribution in [2.75, 3.05) is 19.8 Å². The summed E-state index contributed by atoms with van der Waals surface area (Å²) in [7, 11) is 0. The van der Waals surface area contributed by atoms with Crippen molar-refractivity contribution in [2.45, 2.75) is 12.9 Å². The number of amides is 1. The second-order valence-electron chi connectivity index (χ2n) is 3.77. The van der Waals surface area contributed by atoms with Crippen LogP contribution in [0.3, 0.4) is 0 Å². The fraction of sp³-hybridized carbons (Fsp3) is 0.417. The molecule has 1 aromatic carbocycles. The SMILES string of the molecule is NCCOCC(=O)NCc1ccccc1OC(F)(F)F. The highest BCUT2D eigenvalue weighted by Crippen LogP contribution is 2.25. The Morgan fingerprint density at radius 2 is 2.00 bits per heavy atom. The van der Waals surface area contributed by atoms with E-state index < -0.39 is 12.3 Å². The van der Waals surface area contributed by atoms with Crippen LogP contribution in [0.4, 0.5) is 13.2 Å². The van der Waals surface area contributed by atoms with Crippen molar-refractivity contribution in [1.82, 2.24) is 5.32 Å². The summed E-state index contributed by atoms with van der Waals surface area (Å²) in [5.74, 6) is -0.788. The van der Waals surface area contributed by atoms with E-state index in [1.54, 1.807) is 6.07 Å². The molecule has 1 aromatic rings. The van der Waals surface area contributed by atoms with Crippen LogP contribution in [-0.2, 0) is 16.1 Å². The Morgan fingerprint density at radius 1 is 1.30 bits per heavy atom. The number of carbonyl (C=O) groups excluding carboxylic acids is 1. The summed E-state index contributed by atoms with van der Waals surface area (Å²) < 4.78 is 45.3. The molecule has 0 aromatic heterocycles. The Bertz CT molecular complexity index is 438. The predicted octanol–water partition coefficient (Wildman–Crippen LogP) is 1.18. The highest BCUT2D eigenvalue weighted by Gasteiger charge is 2.31. The number of hydrogen-bond donors (Lipinski definition) is 2. The zero-order valence-corrected chi connectivity index (χ0v) is 10.6. The molecule has 0 spiro atoms. The van der Waals surface area contributed by atoms with Gasteiger partial charge in [-0.05, 0) is 6.07 Å². The molecule has 0 aliphatic rings. The van der Waals surface area contributed by atoms with Crippen LogP contribution in [0.5, 0.6) is 5.75 Å². The van der Waals surface area contributed by atoms with Gasteiger partial charge in [-0.3, -0.25) is 4.79 Å². The lowest BCUT2D eigenvalue weighted by Crippen LogP contribution is -2.28. The van der Waals surface area contributed by atoms with Crippen molar-refractivity contribution in [3.05, 3.63) is 29.8 Å². The van der Waals surface area contributed by atoms with Gasteiger partial charge in [0, 0.05) is 18.7 Å². The quantitative estimate of drug-likeness (QED) is 0.740. The molecule has 20 heavy (non-hydrogen) atoms. The predicted molar refractivity (Wildman–Crippen MR) is 64.8 cm³/mol. The number of hydrogen-bond acceptors (Lipinski definition) is 4. The molecule has 0 bridgehead atoms. The van der Waals surface area contributed by atoms with Crippen LogP contribution in [0.1, 0.15) is 5.56 Å². The zero-order valence-electron chi connectivity index (χ0n) is 10.6. The van der Waals surface area contributed by atoms with E-state index >= 15 is 0 Å². The molecule has 1 amide bonds. The van der Waals surface area contributed by atoms with Crippen LogP contribution in [-0.4, -0.2) is 32.0 Å². The maximum Gasteiger partial charge on any atom is 0.573 e. The Balaban J connectivity index is 2.53. The number of rotatable bonds is 7. The third kappa shape index (κ3) is 6.39. The van der Waals surface area contributed by atoms with E-state index in [4.69, 9.17) is 10.5 Å². The van der Waals surface area contributed by atoms with Gasteiger partial charge in [-0.1, -0.05) is 18.2 Å². The molecule has 5 nitrogen and oxygen atoms in total. The molecule has 112 valence electrons. The molecule has 8 heteroatoms. The van der Waals surface area contributed by atoms with E-state index in [9.17, 15) is 18.0 Å². The van der Waals surface area contributed by atoms with Gasteiger partial charge in [0.1, 0.15) is 12.4 Å². The normalized spacial score (nSPS) is 11.2. The van der Waals surface area contributed by atoms with E-state index in [1.807, 2.05) is 0 Å². The highest BCUT2D eigenvalue weighted by atomic mass is 19.4. The Kier molecular flexibility index (Phi) is 6.26. The number of nitrogens with one attached hydrogen (secondary N) is 1. The van der Waals surface area contributed by atoms with Crippen LogP contribution >= 0.6 is 0 Å². The van der Waals surface area contributed by atoms with Crippen LogP contribution < -0.4 is 15.8 Å². The number of carbonyl (C=O) groups is 1. The van der Waals surface area contributed by atoms with Crippen molar-refractivity contribution < 1.29 is 27.4 Å². The summed E-state index contributed by atoms with van der Waals surface area (Å²) in [5.41, 5.74) is 5.40. The monoisotopic (exact) mass is 292 g/mol. The first kappa shape index (κ1) is 16.3. The average molecular weight is 292 g/mol. The van der Waals surface area contributed by atoms with Gasteiger partial charge < -0.3 is 20.5 Å². The zero-order chi connectivity index (χ0) is 15.0. The minimum absolute atomic E-state index is 0.0862. The summed E-state index contributed by atoms with van der Waals surface area (Å²) in [6, 6.07) is 5.58.